The van der Waals surface area contributed by atoms with Gasteiger partial charge in [0.25, 0.3) is 5.91 Å². The van der Waals surface area contributed by atoms with Crippen LogP contribution in [0.3, 0.4) is 0 Å². The van der Waals surface area contributed by atoms with Gasteiger partial charge in [0.05, 0.1) is 6.61 Å². The van der Waals surface area contributed by atoms with Gasteiger partial charge in [0, 0.05) is 19.1 Å². The summed E-state index contributed by atoms with van der Waals surface area (Å²) in [6, 6.07) is 0.242. The van der Waals surface area contributed by atoms with E-state index in [-0.39, 0.29) is 18.1 Å². The number of amides is 1. The lowest BCUT2D eigenvalue weighted by Gasteiger charge is -2.35. The molecule has 2 fully saturated rings. The Hall–Kier alpha value is -0.650. The van der Waals surface area contributed by atoms with Crippen LogP contribution < -0.4 is 11.1 Å². The van der Waals surface area contributed by atoms with Crippen LogP contribution in [0.25, 0.3) is 0 Å². The average Bonchev–Trinajstić information content (AvgIpc) is 2.47. The molecule has 2 aliphatic rings. The SMILES string of the molecule is CCN1CCOC(C(=O)NC2CCCCC2CN)C1. The molecule has 0 aromatic heterocycles. The Labute approximate surface area is 115 Å². The van der Waals surface area contributed by atoms with Crippen LogP contribution in [0.15, 0.2) is 0 Å². The van der Waals surface area contributed by atoms with Crippen LogP contribution in [0.2, 0.25) is 0 Å². The molecule has 1 amide bonds. The predicted molar refractivity (Wildman–Crippen MR) is 74.8 cm³/mol. The first-order valence-corrected chi connectivity index (χ1v) is 7.59. The van der Waals surface area contributed by atoms with Crippen LogP contribution in [-0.2, 0) is 9.53 Å². The number of hydrogen-bond donors (Lipinski definition) is 2. The maximum absolute atomic E-state index is 12.3. The Morgan fingerprint density at radius 3 is 2.95 bits per heavy atom. The van der Waals surface area contributed by atoms with Gasteiger partial charge in [0.2, 0.25) is 0 Å². The van der Waals surface area contributed by atoms with Crippen LogP contribution in [0.5, 0.6) is 0 Å². The van der Waals surface area contributed by atoms with Gasteiger partial charge in [-0.3, -0.25) is 9.69 Å². The first-order chi connectivity index (χ1) is 9.24. The van der Waals surface area contributed by atoms with Crippen molar-refractivity contribution >= 4 is 5.91 Å². The number of morpholine rings is 1. The fraction of sp³-hybridized carbons (Fsp3) is 0.929. The Bertz CT molecular complexity index is 298. The van der Waals surface area contributed by atoms with Gasteiger partial charge in [-0.05, 0) is 31.8 Å². The van der Waals surface area contributed by atoms with Crippen LogP contribution >= 0.6 is 0 Å². The summed E-state index contributed by atoms with van der Waals surface area (Å²) in [6.07, 6.45) is 4.30. The van der Waals surface area contributed by atoms with Crippen molar-refractivity contribution in [1.82, 2.24) is 10.2 Å². The standard InChI is InChI=1S/C14H27N3O2/c1-2-17-7-8-19-13(10-17)14(18)16-12-6-4-3-5-11(12)9-15/h11-13H,2-10,15H2,1H3,(H,16,18). The smallest absolute Gasteiger partial charge is 0.250 e. The van der Waals surface area contributed by atoms with Gasteiger partial charge in [0.1, 0.15) is 6.10 Å². The lowest BCUT2D eigenvalue weighted by Crippen LogP contribution is -2.54. The van der Waals surface area contributed by atoms with E-state index in [1.807, 2.05) is 0 Å². The minimum absolute atomic E-state index is 0.0449. The Morgan fingerprint density at radius 1 is 1.42 bits per heavy atom. The van der Waals surface area contributed by atoms with Crippen molar-refractivity contribution < 1.29 is 9.53 Å². The third-order valence-corrected chi connectivity index (χ3v) is 4.43. The highest BCUT2D eigenvalue weighted by Gasteiger charge is 2.30. The number of carbonyl (C=O) groups is 1. The fourth-order valence-electron chi connectivity index (χ4n) is 3.10. The highest BCUT2D eigenvalue weighted by atomic mass is 16.5. The van der Waals surface area contributed by atoms with Crippen molar-refractivity contribution in [3.63, 3.8) is 0 Å². The van der Waals surface area contributed by atoms with Gasteiger partial charge in [-0.2, -0.15) is 0 Å². The second kappa shape index (κ2) is 7.22. The minimum Gasteiger partial charge on any atom is -0.366 e. The number of rotatable bonds is 4. The molecule has 3 N–H and O–H groups in total. The van der Waals surface area contributed by atoms with Gasteiger partial charge in [-0.1, -0.05) is 19.8 Å². The first kappa shape index (κ1) is 14.8. The normalized spacial score (nSPS) is 33.1. The Morgan fingerprint density at radius 2 is 2.21 bits per heavy atom. The molecule has 1 heterocycles. The molecule has 19 heavy (non-hydrogen) atoms. The summed E-state index contributed by atoms with van der Waals surface area (Å²) >= 11 is 0. The number of nitrogens with one attached hydrogen (secondary N) is 1. The van der Waals surface area contributed by atoms with Gasteiger partial charge in [-0.15, -0.1) is 0 Å². The van der Waals surface area contributed by atoms with Crippen LogP contribution in [0, 0.1) is 5.92 Å². The van der Waals surface area contributed by atoms with E-state index >= 15 is 0 Å². The van der Waals surface area contributed by atoms with Crippen molar-refractivity contribution in [2.45, 2.75) is 44.8 Å². The molecular weight excluding hydrogens is 242 g/mol. The lowest BCUT2D eigenvalue weighted by atomic mass is 9.84. The third-order valence-electron chi connectivity index (χ3n) is 4.43. The molecule has 0 spiro atoms. The predicted octanol–water partition coefficient (Wildman–Crippen LogP) is 0.341. The summed E-state index contributed by atoms with van der Waals surface area (Å²) in [7, 11) is 0. The topological polar surface area (TPSA) is 67.6 Å². The summed E-state index contributed by atoms with van der Waals surface area (Å²) < 4.78 is 5.60. The largest absolute Gasteiger partial charge is 0.366 e. The Balaban J connectivity index is 1.85. The van der Waals surface area contributed by atoms with E-state index in [0.717, 1.165) is 25.9 Å². The summed E-state index contributed by atoms with van der Waals surface area (Å²) in [5, 5.41) is 3.16. The lowest BCUT2D eigenvalue weighted by molar-refractivity contribution is -0.139. The summed E-state index contributed by atoms with van der Waals surface area (Å²) in [4.78, 5) is 14.5. The van der Waals surface area contributed by atoms with E-state index in [4.69, 9.17) is 10.5 Å². The van der Waals surface area contributed by atoms with Crippen LogP contribution in [0.1, 0.15) is 32.6 Å². The maximum Gasteiger partial charge on any atom is 0.250 e. The second-order valence-electron chi connectivity index (χ2n) is 5.65. The number of hydrogen-bond acceptors (Lipinski definition) is 4. The van der Waals surface area contributed by atoms with Crippen molar-refractivity contribution in [1.29, 1.82) is 0 Å². The fourth-order valence-corrected chi connectivity index (χ4v) is 3.10. The number of carbonyl (C=O) groups excluding carboxylic acids is 1. The number of ether oxygens (including phenoxy) is 1. The molecular formula is C14H27N3O2. The van der Waals surface area contributed by atoms with Gasteiger partial charge >= 0.3 is 0 Å². The molecule has 3 unspecified atom stereocenters. The number of nitrogens with two attached hydrogens (primary N) is 1. The molecule has 3 atom stereocenters. The molecule has 1 aliphatic carbocycles. The van der Waals surface area contributed by atoms with Crippen molar-refractivity contribution in [3.8, 4) is 0 Å². The molecule has 0 aromatic carbocycles. The summed E-state index contributed by atoms with van der Waals surface area (Å²) in [6.45, 7) is 6.04. The molecule has 110 valence electrons. The third kappa shape index (κ3) is 3.91. The monoisotopic (exact) mass is 269 g/mol. The van der Waals surface area contributed by atoms with Crippen LogP contribution in [-0.4, -0.2) is 55.7 Å². The minimum atomic E-state index is -0.311. The maximum atomic E-state index is 12.3. The van der Waals surface area contributed by atoms with Gasteiger partial charge in [0.15, 0.2) is 0 Å². The second-order valence-corrected chi connectivity index (χ2v) is 5.65. The molecule has 1 saturated carbocycles. The molecule has 2 rings (SSSR count). The molecule has 0 radical (unpaired) electrons. The van der Waals surface area contributed by atoms with Crippen molar-refractivity contribution in [2.24, 2.45) is 11.7 Å². The zero-order valence-corrected chi connectivity index (χ0v) is 11.9. The van der Waals surface area contributed by atoms with E-state index in [2.05, 4.69) is 17.1 Å². The number of nitrogens with zero attached hydrogens (tertiary/aromatic N) is 1. The molecule has 5 heteroatoms. The van der Waals surface area contributed by atoms with E-state index in [9.17, 15) is 4.79 Å². The van der Waals surface area contributed by atoms with E-state index in [1.165, 1.54) is 12.8 Å². The highest BCUT2D eigenvalue weighted by Crippen LogP contribution is 2.23. The number of likely N-dealkylation sites (N-methyl/N-ethyl adjacent to an activating group) is 1. The van der Waals surface area contributed by atoms with Gasteiger partial charge in [-0.25, -0.2) is 0 Å². The molecule has 1 saturated heterocycles. The van der Waals surface area contributed by atoms with Crippen molar-refractivity contribution in [3.05, 3.63) is 0 Å². The Kier molecular flexibility index (Phi) is 5.60. The summed E-state index contributed by atoms with van der Waals surface area (Å²) in [5.74, 6) is 0.479. The van der Waals surface area contributed by atoms with E-state index in [1.54, 1.807) is 0 Å². The zero-order valence-electron chi connectivity index (χ0n) is 11.9. The van der Waals surface area contributed by atoms with E-state index < -0.39 is 0 Å². The molecule has 5 nitrogen and oxygen atoms in total. The van der Waals surface area contributed by atoms with Gasteiger partial charge < -0.3 is 15.8 Å². The van der Waals surface area contributed by atoms with Crippen molar-refractivity contribution in [2.75, 3.05) is 32.8 Å². The highest BCUT2D eigenvalue weighted by molar-refractivity contribution is 5.81. The first-order valence-electron chi connectivity index (χ1n) is 7.59. The molecule has 0 bridgehead atoms. The molecule has 0 aromatic rings. The molecule has 1 aliphatic heterocycles. The average molecular weight is 269 g/mol. The van der Waals surface area contributed by atoms with E-state index in [0.29, 0.717) is 25.6 Å². The van der Waals surface area contributed by atoms with Crippen LogP contribution in [0.4, 0.5) is 0 Å². The zero-order chi connectivity index (χ0) is 13.7. The quantitative estimate of drug-likeness (QED) is 0.772. The summed E-state index contributed by atoms with van der Waals surface area (Å²) in [5.41, 5.74) is 5.80.